The molecule has 152 valence electrons. The molecule has 0 bridgehead atoms. The minimum absolute atomic E-state index is 0.208. The van der Waals surface area contributed by atoms with Crippen molar-refractivity contribution in [3.05, 3.63) is 87.6 Å². The Labute approximate surface area is 174 Å². The van der Waals surface area contributed by atoms with Crippen LogP contribution in [-0.2, 0) is 6.61 Å². The van der Waals surface area contributed by atoms with Crippen molar-refractivity contribution >= 4 is 0 Å². The van der Waals surface area contributed by atoms with Gasteiger partial charge in [-0.3, -0.25) is 4.79 Å². The first-order valence-corrected chi connectivity index (χ1v) is 9.92. The first-order chi connectivity index (χ1) is 14.5. The fourth-order valence-corrected chi connectivity index (χ4v) is 3.28. The van der Waals surface area contributed by atoms with Gasteiger partial charge in [-0.05, 0) is 50.5 Å². The summed E-state index contributed by atoms with van der Waals surface area (Å²) in [6, 6.07) is 7.90. The molecule has 0 amide bonds. The molecular weight excluding hydrogens is 381 g/mol. The summed E-state index contributed by atoms with van der Waals surface area (Å²) >= 11 is 0. The van der Waals surface area contributed by atoms with Gasteiger partial charge in [0.2, 0.25) is 0 Å². The Morgan fingerprint density at radius 3 is 2.67 bits per heavy atom. The van der Waals surface area contributed by atoms with Gasteiger partial charge in [0.25, 0.3) is 5.56 Å². The highest BCUT2D eigenvalue weighted by molar-refractivity contribution is 5.39. The van der Waals surface area contributed by atoms with Crippen LogP contribution in [0.5, 0.6) is 5.75 Å². The predicted molar refractivity (Wildman–Crippen MR) is 112 cm³/mol. The van der Waals surface area contributed by atoms with E-state index < -0.39 is 0 Å². The van der Waals surface area contributed by atoms with E-state index in [-0.39, 0.29) is 24.0 Å². The van der Waals surface area contributed by atoms with Gasteiger partial charge in [0, 0.05) is 35.6 Å². The van der Waals surface area contributed by atoms with E-state index in [1.54, 1.807) is 29.1 Å². The Kier molecular flexibility index (Phi) is 5.62. The number of nitrogens with zero attached hydrogens (tertiary/aromatic N) is 3. The Bertz CT molecular complexity index is 1170. The van der Waals surface area contributed by atoms with Gasteiger partial charge in [-0.1, -0.05) is 17.9 Å². The molecule has 0 saturated heterocycles. The Morgan fingerprint density at radius 2 is 2.00 bits per heavy atom. The highest BCUT2D eigenvalue weighted by Gasteiger charge is 2.18. The average molecular weight is 403 g/mol. The molecule has 0 N–H and O–H groups in total. The molecule has 1 saturated carbocycles. The molecule has 0 aliphatic heterocycles. The number of halogens is 1. The van der Waals surface area contributed by atoms with Crippen LogP contribution in [-0.4, -0.2) is 14.5 Å². The lowest BCUT2D eigenvalue weighted by Crippen LogP contribution is -2.25. The third-order valence-electron chi connectivity index (χ3n) is 5.11. The second-order valence-electron chi connectivity index (χ2n) is 7.53. The molecule has 4 rings (SSSR count). The standard InChI is InChI=1S/C24H22FN3O2/c1-16-9-22(30-14-19-12-26-15-27-13-19)11-24(29)28(16)17(2)21-8-7-20(23(25)10-21)6-5-18-3-4-18/h7-13,15,17-18H,3-4,14H2,1-2H3. The van der Waals surface area contributed by atoms with E-state index in [4.69, 9.17) is 4.74 Å². The van der Waals surface area contributed by atoms with Gasteiger partial charge in [-0.25, -0.2) is 14.4 Å². The van der Waals surface area contributed by atoms with Crippen LogP contribution in [0.2, 0.25) is 0 Å². The fraction of sp³-hybridized carbons (Fsp3) is 0.292. The zero-order chi connectivity index (χ0) is 21.1. The number of ether oxygens (including phenoxy) is 1. The van der Waals surface area contributed by atoms with Gasteiger partial charge < -0.3 is 9.30 Å². The molecule has 3 aromatic rings. The van der Waals surface area contributed by atoms with Gasteiger partial charge in [-0.2, -0.15) is 0 Å². The van der Waals surface area contributed by atoms with Crippen LogP contribution >= 0.6 is 0 Å². The zero-order valence-corrected chi connectivity index (χ0v) is 16.9. The van der Waals surface area contributed by atoms with Crippen molar-refractivity contribution in [2.45, 2.75) is 39.3 Å². The summed E-state index contributed by atoms with van der Waals surface area (Å²) in [5.74, 6) is 6.53. The van der Waals surface area contributed by atoms with Crippen LogP contribution < -0.4 is 10.3 Å². The second-order valence-corrected chi connectivity index (χ2v) is 7.53. The van der Waals surface area contributed by atoms with Crippen LogP contribution in [0.4, 0.5) is 4.39 Å². The van der Waals surface area contributed by atoms with E-state index in [9.17, 15) is 9.18 Å². The molecule has 6 heteroatoms. The van der Waals surface area contributed by atoms with Gasteiger partial charge >= 0.3 is 0 Å². The van der Waals surface area contributed by atoms with E-state index in [0.29, 0.717) is 22.8 Å². The topological polar surface area (TPSA) is 57.0 Å². The molecule has 0 spiro atoms. The summed E-state index contributed by atoms with van der Waals surface area (Å²) in [5.41, 5.74) is 2.44. The summed E-state index contributed by atoms with van der Waals surface area (Å²) in [7, 11) is 0. The monoisotopic (exact) mass is 403 g/mol. The average Bonchev–Trinajstić information content (AvgIpc) is 3.56. The number of aromatic nitrogens is 3. The van der Waals surface area contributed by atoms with Crippen LogP contribution in [0, 0.1) is 30.5 Å². The van der Waals surface area contributed by atoms with Crippen molar-refractivity contribution in [3.8, 4) is 17.6 Å². The third kappa shape index (κ3) is 4.57. The Morgan fingerprint density at radius 1 is 1.23 bits per heavy atom. The molecule has 1 aromatic carbocycles. The summed E-state index contributed by atoms with van der Waals surface area (Å²) < 4.78 is 21.8. The van der Waals surface area contributed by atoms with Crippen LogP contribution in [0.25, 0.3) is 0 Å². The maximum Gasteiger partial charge on any atom is 0.254 e. The van der Waals surface area contributed by atoms with Crippen molar-refractivity contribution in [1.82, 2.24) is 14.5 Å². The van der Waals surface area contributed by atoms with Crippen LogP contribution in [0.15, 0.2) is 53.8 Å². The molecule has 1 fully saturated rings. The molecule has 2 aromatic heterocycles. The number of pyridine rings is 1. The van der Waals surface area contributed by atoms with Gasteiger partial charge in [0.05, 0.1) is 11.6 Å². The summed E-state index contributed by atoms with van der Waals surface area (Å²) in [5, 5.41) is 0. The van der Waals surface area contributed by atoms with E-state index >= 15 is 0 Å². The lowest BCUT2D eigenvalue weighted by Gasteiger charge is -2.20. The lowest BCUT2D eigenvalue weighted by molar-refractivity contribution is 0.303. The van der Waals surface area contributed by atoms with Crippen molar-refractivity contribution in [1.29, 1.82) is 0 Å². The first-order valence-electron chi connectivity index (χ1n) is 9.92. The number of benzene rings is 1. The number of rotatable bonds is 5. The molecule has 5 nitrogen and oxygen atoms in total. The Hall–Kier alpha value is -3.46. The highest BCUT2D eigenvalue weighted by Crippen LogP contribution is 2.28. The van der Waals surface area contributed by atoms with Gasteiger partial charge in [0.1, 0.15) is 24.5 Å². The Balaban J connectivity index is 1.53. The molecule has 1 atom stereocenters. The molecule has 1 unspecified atom stereocenters. The van der Waals surface area contributed by atoms with Crippen LogP contribution in [0.1, 0.15) is 48.2 Å². The van der Waals surface area contributed by atoms with Crippen molar-refractivity contribution in [3.63, 3.8) is 0 Å². The van der Waals surface area contributed by atoms with E-state index in [2.05, 4.69) is 21.8 Å². The van der Waals surface area contributed by atoms with Gasteiger partial charge in [0.15, 0.2) is 0 Å². The SMILES string of the molecule is Cc1cc(OCc2cncnc2)cc(=O)n1C(C)c1ccc(C#CC2CC2)c(F)c1. The number of hydrogen-bond acceptors (Lipinski definition) is 4. The smallest absolute Gasteiger partial charge is 0.254 e. The highest BCUT2D eigenvalue weighted by atomic mass is 19.1. The van der Waals surface area contributed by atoms with E-state index in [1.165, 1.54) is 18.5 Å². The molecule has 0 radical (unpaired) electrons. The third-order valence-corrected chi connectivity index (χ3v) is 5.11. The number of aryl methyl sites for hydroxylation is 1. The maximum atomic E-state index is 14.5. The van der Waals surface area contributed by atoms with E-state index in [1.807, 2.05) is 19.9 Å². The summed E-state index contributed by atoms with van der Waals surface area (Å²) in [6.07, 6.45) is 6.98. The van der Waals surface area contributed by atoms with Crippen molar-refractivity contribution in [2.75, 3.05) is 0 Å². The summed E-state index contributed by atoms with van der Waals surface area (Å²) in [4.78, 5) is 20.7. The predicted octanol–water partition coefficient (Wildman–Crippen LogP) is 4.04. The van der Waals surface area contributed by atoms with Crippen molar-refractivity contribution in [2.24, 2.45) is 5.92 Å². The fourth-order valence-electron chi connectivity index (χ4n) is 3.28. The summed E-state index contributed by atoms with van der Waals surface area (Å²) in [6.45, 7) is 3.98. The largest absolute Gasteiger partial charge is 0.489 e. The van der Waals surface area contributed by atoms with Crippen molar-refractivity contribution < 1.29 is 9.13 Å². The molecule has 2 heterocycles. The first kappa shape index (κ1) is 19.8. The molecule has 1 aliphatic carbocycles. The molecule has 30 heavy (non-hydrogen) atoms. The van der Waals surface area contributed by atoms with Gasteiger partial charge in [-0.15, -0.1) is 0 Å². The lowest BCUT2D eigenvalue weighted by atomic mass is 10.0. The second kappa shape index (κ2) is 8.50. The minimum atomic E-state index is -0.358. The molecule has 1 aliphatic rings. The minimum Gasteiger partial charge on any atom is -0.489 e. The maximum absolute atomic E-state index is 14.5. The quantitative estimate of drug-likeness (QED) is 0.604. The van der Waals surface area contributed by atoms with E-state index in [0.717, 1.165) is 24.1 Å². The zero-order valence-electron chi connectivity index (χ0n) is 16.9. The molecular formula is C24H22FN3O2. The number of hydrogen-bond donors (Lipinski definition) is 0. The normalized spacial score (nSPS) is 14.0. The van der Waals surface area contributed by atoms with Crippen LogP contribution in [0.3, 0.4) is 0 Å².